The summed E-state index contributed by atoms with van der Waals surface area (Å²) in [5.74, 6) is -0.326. The van der Waals surface area contributed by atoms with E-state index in [-0.39, 0.29) is 12.4 Å². The summed E-state index contributed by atoms with van der Waals surface area (Å²) in [7, 11) is 0. The van der Waals surface area contributed by atoms with Crippen molar-refractivity contribution in [1.82, 2.24) is 0 Å². The standard InChI is InChI=1S/C15H16FNO/c1-15(11-18,12-7-3-2-4-8-12)17-14-10-6-5-9-13(14)16/h2-10,17-18H,11H2,1H3. The Kier molecular flexibility index (Phi) is 3.63. The minimum Gasteiger partial charge on any atom is -0.394 e. The van der Waals surface area contributed by atoms with Crippen molar-refractivity contribution >= 4 is 5.69 Å². The minimum absolute atomic E-state index is 0.120. The van der Waals surface area contributed by atoms with Gasteiger partial charge in [-0.25, -0.2) is 4.39 Å². The van der Waals surface area contributed by atoms with Crippen LogP contribution in [0, 0.1) is 5.82 Å². The smallest absolute Gasteiger partial charge is 0.146 e. The summed E-state index contributed by atoms with van der Waals surface area (Å²) < 4.78 is 13.6. The summed E-state index contributed by atoms with van der Waals surface area (Å²) in [5.41, 5.74) is 0.595. The average molecular weight is 245 g/mol. The van der Waals surface area contributed by atoms with Gasteiger partial charge in [0.1, 0.15) is 5.82 Å². The van der Waals surface area contributed by atoms with Crippen molar-refractivity contribution in [3.8, 4) is 0 Å². The van der Waals surface area contributed by atoms with Crippen LogP contribution in [-0.4, -0.2) is 11.7 Å². The number of aliphatic hydroxyl groups is 1. The van der Waals surface area contributed by atoms with Crippen LogP contribution in [0.1, 0.15) is 12.5 Å². The van der Waals surface area contributed by atoms with Crippen LogP contribution >= 0.6 is 0 Å². The maximum atomic E-state index is 13.6. The van der Waals surface area contributed by atoms with E-state index in [1.54, 1.807) is 18.2 Å². The summed E-state index contributed by atoms with van der Waals surface area (Å²) in [6, 6.07) is 16.0. The second kappa shape index (κ2) is 5.19. The Labute approximate surface area is 106 Å². The van der Waals surface area contributed by atoms with Gasteiger partial charge in [0.25, 0.3) is 0 Å². The molecule has 0 aliphatic rings. The van der Waals surface area contributed by atoms with E-state index in [4.69, 9.17) is 0 Å². The molecular weight excluding hydrogens is 229 g/mol. The van der Waals surface area contributed by atoms with E-state index < -0.39 is 5.54 Å². The third-order valence-corrected chi connectivity index (χ3v) is 3.01. The van der Waals surface area contributed by atoms with Crippen LogP contribution in [0.2, 0.25) is 0 Å². The number of hydrogen-bond acceptors (Lipinski definition) is 2. The zero-order valence-electron chi connectivity index (χ0n) is 10.2. The molecule has 0 aliphatic heterocycles. The lowest BCUT2D eigenvalue weighted by atomic mass is 9.92. The molecule has 0 amide bonds. The highest BCUT2D eigenvalue weighted by Crippen LogP contribution is 2.26. The Bertz CT molecular complexity index is 515. The van der Waals surface area contributed by atoms with Crippen LogP contribution < -0.4 is 5.32 Å². The second-order valence-electron chi connectivity index (χ2n) is 4.46. The molecule has 0 heterocycles. The molecule has 3 heteroatoms. The van der Waals surface area contributed by atoms with Gasteiger partial charge in [-0.05, 0) is 24.6 Å². The third kappa shape index (κ3) is 2.51. The predicted molar refractivity (Wildman–Crippen MR) is 70.9 cm³/mol. The fourth-order valence-electron chi connectivity index (χ4n) is 1.87. The molecule has 0 bridgehead atoms. The zero-order chi connectivity index (χ0) is 13.0. The van der Waals surface area contributed by atoms with Crippen molar-refractivity contribution in [3.63, 3.8) is 0 Å². The Hall–Kier alpha value is -1.87. The van der Waals surface area contributed by atoms with E-state index in [1.807, 2.05) is 37.3 Å². The summed E-state index contributed by atoms with van der Waals surface area (Å²) in [6.45, 7) is 1.72. The van der Waals surface area contributed by atoms with E-state index in [0.29, 0.717) is 5.69 Å². The van der Waals surface area contributed by atoms with E-state index >= 15 is 0 Å². The van der Waals surface area contributed by atoms with E-state index in [9.17, 15) is 9.50 Å². The lowest BCUT2D eigenvalue weighted by Gasteiger charge is -2.30. The van der Waals surface area contributed by atoms with Crippen LogP contribution in [-0.2, 0) is 5.54 Å². The van der Waals surface area contributed by atoms with Crippen molar-refractivity contribution < 1.29 is 9.50 Å². The molecule has 18 heavy (non-hydrogen) atoms. The van der Waals surface area contributed by atoms with Gasteiger partial charge in [-0.2, -0.15) is 0 Å². The second-order valence-corrected chi connectivity index (χ2v) is 4.46. The molecule has 0 saturated carbocycles. The Balaban J connectivity index is 2.32. The number of rotatable bonds is 4. The third-order valence-electron chi connectivity index (χ3n) is 3.01. The van der Waals surface area contributed by atoms with E-state index in [2.05, 4.69) is 5.32 Å². The molecule has 2 nitrogen and oxygen atoms in total. The molecule has 1 atom stereocenters. The number of halogens is 1. The maximum absolute atomic E-state index is 13.6. The van der Waals surface area contributed by atoms with E-state index in [0.717, 1.165) is 5.56 Å². The highest BCUT2D eigenvalue weighted by atomic mass is 19.1. The molecule has 94 valence electrons. The van der Waals surface area contributed by atoms with Crippen molar-refractivity contribution in [2.24, 2.45) is 0 Å². The summed E-state index contributed by atoms with van der Waals surface area (Å²) in [4.78, 5) is 0. The molecule has 2 N–H and O–H groups in total. The van der Waals surface area contributed by atoms with Crippen molar-refractivity contribution in [2.45, 2.75) is 12.5 Å². The van der Waals surface area contributed by atoms with Crippen LogP contribution in [0.25, 0.3) is 0 Å². The van der Waals surface area contributed by atoms with Gasteiger partial charge in [0.2, 0.25) is 0 Å². The highest BCUT2D eigenvalue weighted by Gasteiger charge is 2.26. The minimum atomic E-state index is -0.705. The number of para-hydroxylation sites is 1. The molecule has 0 aromatic heterocycles. The molecule has 0 radical (unpaired) electrons. The molecule has 2 aromatic rings. The average Bonchev–Trinajstić information content (AvgIpc) is 2.42. The molecule has 0 aliphatic carbocycles. The van der Waals surface area contributed by atoms with Crippen LogP contribution in [0.15, 0.2) is 54.6 Å². The Morgan fingerprint density at radius 2 is 1.67 bits per heavy atom. The highest BCUT2D eigenvalue weighted by molar-refractivity contribution is 5.48. The van der Waals surface area contributed by atoms with Gasteiger partial charge in [-0.15, -0.1) is 0 Å². The molecular formula is C15H16FNO. The summed E-state index contributed by atoms with van der Waals surface area (Å²) in [6.07, 6.45) is 0. The van der Waals surface area contributed by atoms with Crippen molar-refractivity contribution in [3.05, 3.63) is 66.0 Å². The molecule has 1 unspecified atom stereocenters. The Morgan fingerprint density at radius 3 is 2.28 bits per heavy atom. The zero-order valence-corrected chi connectivity index (χ0v) is 10.2. The number of hydrogen-bond donors (Lipinski definition) is 2. The van der Waals surface area contributed by atoms with Crippen molar-refractivity contribution in [2.75, 3.05) is 11.9 Å². The topological polar surface area (TPSA) is 32.3 Å². The number of aliphatic hydroxyl groups excluding tert-OH is 1. The van der Waals surface area contributed by atoms with Gasteiger partial charge in [-0.1, -0.05) is 42.5 Å². The summed E-state index contributed by atoms with van der Waals surface area (Å²) in [5, 5.41) is 12.7. The molecule has 2 rings (SSSR count). The van der Waals surface area contributed by atoms with Gasteiger partial charge < -0.3 is 10.4 Å². The van der Waals surface area contributed by atoms with Gasteiger partial charge in [0, 0.05) is 0 Å². The summed E-state index contributed by atoms with van der Waals surface area (Å²) >= 11 is 0. The number of benzene rings is 2. The number of anilines is 1. The fraction of sp³-hybridized carbons (Fsp3) is 0.200. The lowest BCUT2D eigenvalue weighted by molar-refractivity contribution is 0.223. The van der Waals surface area contributed by atoms with E-state index in [1.165, 1.54) is 6.07 Å². The van der Waals surface area contributed by atoms with Crippen molar-refractivity contribution in [1.29, 1.82) is 0 Å². The lowest BCUT2D eigenvalue weighted by Crippen LogP contribution is -2.36. The molecule has 0 spiro atoms. The number of nitrogens with one attached hydrogen (secondary N) is 1. The van der Waals surface area contributed by atoms with Gasteiger partial charge in [0.05, 0.1) is 17.8 Å². The first-order valence-corrected chi connectivity index (χ1v) is 5.85. The first-order chi connectivity index (χ1) is 8.65. The molecule has 0 fully saturated rings. The first-order valence-electron chi connectivity index (χ1n) is 5.85. The molecule has 2 aromatic carbocycles. The maximum Gasteiger partial charge on any atom is 0.146 e. The first kappa shape index (κ1) is 12.6. The molecule has 0 saturated heterocycles. The SMILES string of the molecule is CC(CO)(Nc1ccccc1F)c1ccccc1. The Morgan fingerprint density at radius 1 is 1.06 bits per heavy atom. The quantitative estimate of drug-likeness (QED) is 0.867. The monoisotopic (exact) mass is 245 g/mol. The van der Waals surface area contributed by atoms with Crippen LogP contribution in [0.4, 0.5) is 10.1 Å². The largest absolute Gasteiger partial charge is 0.394 e. The van der Waals surface area contributed by atoms with Crippen LogP contribution in [0.3, 0.4) is 0 Å². The van der Waals surface area contributed by atoms with Gasteiger partial charge >= 0.3 is 0 Å². The van der Waals surface area contributed by atoms with Crippen LogP contribution in [0.5, 0.6) is 0 Å². The van der Waals surface area contributed by atoms with Gasteiger partial charge in [0.15, 0.2) is 0 Å². The fourth-order valence-corrected chi connectivity index (χ4v) is 1.87. The van der Waals surface area contributed by atoms with Gasteiger partial charge in [-0.3, -0.25) is 0 Å². The predicted octanol–water partition coefficient (Wildman–Crippen LogP) is 3.15. The normalized spacial score (nSPS) is 13.9.